The number of rotatable bonds is 5. The lowest BCUT2D eigenvalue weighted by Crippen LogP contribution is -2.34. The summed E-state index contributed by atoms with van der Waals surface area (Å²) in [5, 5.41) is 0. The van der Waals surface area contributed by atoms with Gasteiger partial charge in [0.15, 0.2) is 0 Å². The van der Waals surface area contributed by atoms with Crippen LogP contribution in [0.2, 0.25) is 0 Å². The molecule has 0 heterocycles. The van der Waals surface area contributed by atoms with Crippen LogP contribution in [0, 0.1) is 5.92 Å². The molecule has 0 bridgehead atoms. The van der Waals surface area contributed by atoms with Gasteiger partial charge in [0.25, 0.3) is 5.91 Å². The van der Waals surface area contributed by atoms with Gasteiger partial charge in [-0.2, -0.15) is 13.2 Å². The van der Waals surface area contributed by atoms with Crippen LogP contribution in [0.5, 0.6) is 0 Å². The topological polar surface area (TPSA) is 20.3 Å². The van der Waals surface area contributed by atoms with Gasteiger partial charge in [-0.3, -0.25) is 4.79 Å². The predicted molar refractivity (Wildman–Crippen MR) is 78.1 cm³/mol. The quantitative estimate of drug-likeness (QED) is 0.740. The molecule has 1 saturated carbocycles. The second kappa shape index (κ2) is 6.38. The third-order valence-corrected chi connectivity index (χ3v) is 4.17. The average molecular weight is 364 g/mol. The molecular weight excluding hydrogens is 347 g/mol. The first kappa shape index (κ1) is 16.3. The molecule has 0 radical (unpaired) electrons. The maximum absolute atomic E-state index is 12.8. The lowest BCUT2D eigenvalue weighted by Gasteiger charge is -2.23. The lowest BCUT2D eigenvalue weighted by atomic mass is 10.1. The number of amides is 1. The van der Waals surface area contributed by atoms with E-state index in [4.69, 9.17) is 0 Å². The van der Waals surface area contributed by atoms with Gasteiger partial charge >= 0.3 is 6.18 Å². The van der Waals surface area contributed by atoms with Crippen LogP contribution in [0.25, 0.3) is 0 Å². The molecule has 1 aliphatic rings. The van der Waals surface area contributed by atoms with Crippen molar-refractivity contribution in [2.75, 3.05) is 13.1 Å². The first-order valence-corrected chi connectivity index (χ1v) is 7.78. The summed E-state index contributed by atoms with van der Waals surface area (Å²) in [7, 11) is 0. The largest absolute Gasteiger partial charge is 0.416 e. The fourth-order valence-electron chi connectivity index (χ4n) is 2.19. The molecule has 1 aliphatic carbocycles. The van der Waals surface area contributed by atoms with Crippen LogP contribution in [-0.4, -0.2) is 23.9 Å². The Hall–Kier alpha value is -1.04. The molecule has 1 fully saturated rings. The highest BCUT2D eigenvalue weighted by molar-refractivity contribution is 9.10. The van der Waals surface area contributed by atoms with E-state index in [1.54, 1.807) is 4.90 Å². The SMILES string of the molecule is CCCN(CC1CC1)C(=O)c1cc(C(F)(F)F)ccc1Br. The monoisotopic (exact) mass is 363 g/mol. The van der Waals surface area contributed by atoms with Crippen LogP contribution in [-0.2, 0) is 6.18 Å². The summed E-state index contributed by atoms with van der Waals surface area (Å²) in [5.41, 5.74) is -0.712. The van der Waals surface area contributed by atoms with Gasteiger partial charge < -0.3 is 4.90 Å². The molecule has 6 heteroatoms. The first-order chi connectivity index (χ1) is 9.82. The van der Waals surface area contributed by atoms with E-state index in [-0.39, 0.29) is 11.5 Å². The zero-order valence-corrected chi connectivity index (χ0v) is 13.3. The van der Waals surface area contributed by atoms with E-state index >= 15 is 0 Å². The van der Waals surface area contributed by atoms with E-state index < -0.39 is 11.7 Å². The van der Waals surface area contributed by atoms with Gasteiger partial charge in [0, 0.05) is 17.6 Å². The number of carbonyl (C=O) groups is 1. The van der Waals surface area contributed by atoms with Crippen LogP contribution in [0.15, 0.2) is 22.7 Å². The molecular formula is C15H17BrF3NO. The minimum atomic E-state index is -4.44. The zero-order chi connectivity index (χ0) is 15.6. The van der Waals surface area contributed by atoms with Crippen LogP contribution >= 0.6 is 15.9 Å². The number of alkyl halides is 3. The molecule has 2 nitrogen and oxygen atoms in total. The molecule has 0 atom stereocenters. The van der Waals surface area contributed by atoms with E-state index in [0.29, 0.717) is 23.5 Å². The second-order valence-electron chi connectivity index (χ2n) is 5.39. The highest BCUT2D eigenvalue weighted by Crippen LogP contribution is 2.33. The molecule has 1 aromatic rings. The van der Waals surface area contributed by atoms with Gasteiger partial charge in [-0.1, -0.05) is 6.92 Å². The Morgan fingerprint density at radius 1 is 1.38 bits per heavy atom. The van der Waals surface area contributed by atoms with Gasteiger partial charge in [-0.25, -0.2) is 0 Å². The Kier molecular flexibility index (Phi) is 4.96. The average Bonchev–Trinajstić information content (AvgIpc) is 3.20. The lowest BCUT2D eigenvalue weighted by molar-refractivity contribution is -0.137. The van der Waals surface area contributed by atoms with E-state index in [2.05, 4.69) is 15.9 Å². The molecule has 0 N–H and O–H groups in total. The Bertz CT molecular complexity index is 526. The van der Waals surface area contributed by atoms with Crippen molar-refractivity contribution in [2.45, 2.75) is 32.4 Å². The third-order valence-electron chi connectivity index (χ3n) is 3.48. The van der Waals surface area contributed by atoms with E-state index in [9.17, 15) is 18.0 Å². The van der Waals surface area contributed by atoms with Crippen LogP contribution < -0.4 is 0 Å². The van der Waals surface area contributed by atoms with Crippen molar-refractivity contribution in [1.82, 2.24) is 4.90 Å². The molecule has 0 spiro atoms. The van der Waals surface area contributed by atoms with Crippen molar-refractivity contribution < 1.29 is 18.0 Å². The van der Waals surface area contributed by atoms with Gasteiger partial charge in [0.1, 0.15) is 0 Å². The summed E-state index contributed by atoms with van der Waals surface area (Å²) in [5.74, 6) is 0.173. The fourth-order valence-corrected chi connectivity index (χ4v) is 2.61. The van der Waals surface area contributed by atoms with Crippen molar-refractivity contribution in [3.05, 3.63) is 33.8 Å². The normalized spacial score (nSPS) is 15.1. The van der Waals surface area contributed by atoms with Gasteiger partial charge in [-0.15, -0.1) is 0 Å². The zero-order valence-electron chi connectivity index (χ0n) is 11.7. The summed E-state index contributed by atoms with van der Waals surface area (Å²) in [6, 6.07) is 3.20. The number of halogens is 4. The highest BCUT2D eigenvalue weighted by atomic mass is 79.9. The van der Waals surface area contributed by atoms with Crippen LogP contribution in [0.4, 0.5) is 13.2 Å². The van der Waals surface area contributed by atoms with Crippen LogP contribution in [0.3, 0.4) is 0 Å². The summed E-state index contributed by atoms with van der Waals surface area (Å²) in [4.78, 5) is 14.2. The molecule has 2 rings (SSSR count). The Morgan fingerprint density at radius 3 is 2.57 bits per heavy atom. The van der Waals surface area contributed by atoms with E-state index in [0.717, 1.165) is 31.4 Å². The number of hydrogen-bond donors (Lipinski definition) is 0. The second-order valence-corrected chi connectivity index (χ2v) is 6.24. The number of benzene rings is 1. The molecule has 0 saturated heterocycles. The van der Waals surface area contributed by atoms with Crippen molar-refractivity contribution >= 4 is 21.8 Å². The summed E-state index contributed by atoms with van der Waals surface area (Å²) < 4.78 is 38.8. The Morgan fingerprint density at radius 2 is 2.05 bits per heavy atom. The standard InChI is InChI=1S/C15H17BrF3NO/c1-2-7-20(9-10-3-4-10)14(21)12-8-11(15(17,18)19)5-6-13(12)16/h5-6,8,10H,2-4,7,9H2,1H3. The molecule has 0 unspecified atom stereocenters. The van der Waals surface area contributed by atoms with E-state index in [1.807, 2.05) is 6.92 Å². The van der Waals surface area contributed by atoms with Crippen molar-refractivity contribution in [3.8, 4) is 0 Å². The number of hydrogen-bond acceptors (Lipinski definition) is 1. The smallest absolute Gasteiger partial charge is 0.338 e. The maximum atomic E-state index is 12.8. The summed E-state index contributed by atoms with van der Waals surface area (Å²) >= 11 is 3.18. The summed E-state index contributed by atoms with van der Waals surface area (Å²) in [6.07, 6.45) is -1.47. The van der Waals surface area contributed by atoms with E-state index in [1.165, 1.54) is 6.07 Å². The minimum Gasteiger partial charge on any atom is -0.338 e. The maximum Gasteiger partial charge on any atom is 0.416 e. The Labute approximate surface area is 130 Å². The Balaban J connectivity index is 2.26. The molecule has 1 aromatic carbocycles. The van der Waals surface area contributed by atoms with Crippen LogP contribution in [0.1, 0.15) is 42.1 Å². The molecule has 21 heavy (non-hydrogen) atoms. The van der Waals surface area contributed by atoms with Gasteiger partial charge in [0.05, 0.1) is 11.1 Å². The highest BCUT2D eigenvalue weighted by Gasteiger charge is 2.33. The molecule has 1 amide bonds. The fraction of sp³-hybridized carbons (Fsp3) is 0.533. The number of carbonyl (C=O) groups excluding carboxylic acids is 1. The summed E-state index contributed by atoms with van der Waals surface area (Å²) in [6.45, 7) is 3.15. The van der Waals surface area contributed by atoms with Gasteiger partial charge in [0.2, 0.25) is 0 Å². The number of nitrogens with zero attached hydrogens (tertiary/aromatic N) is 1. The predicted octanol–water partition coefficient (Wildman–Crippen LogP) is 4.73. The molecule has 116 valence electrons. The van der Waals surface area contributed by atoms with Gasteiger partial charge in [-0.05, 0) is 59.3 Å². The molecule has 0 aliphatic heterocycles. The third kappa shape index (κ3) is 4.22. The van der Waals surface area contributed by atoms with Crippen molar-refractivity contribution in [2.24, 2.45) is 5.92 Å². The van der Waals surface area contributed by atoms with Crippen molar-refractivity contribution in [3.63, 3.8) is 0 Å². The van der Waals surface area contributed by atoms with Crippen molar-refractivity contribution in [1.29, 1.82) is 0 Å². The minimum absolute atomic E-state index is 0.0823. The first-order valence-electron chi connectivity index (χ1n) is 6.99. The molecule has 0 aromatic heterocycles.